The molecule has 1 heterocycles. The molecule has 132 valence electrons. The second-order valence-electron chi connectivity index (χ2n) is 6.08. The first kappa shape index (κ1) is 19.1. The molecule has 4 nitrogen and oxygen atoms in total. The Bertz CT molecular complexity index is 603. The van der Waals surface area contributed by atoms with Gasteiger partial charge >= 0.3 is 8.80 Å². The summed E-state index contributed by atoms with van der Waals surface area (Å²) < 4.78 is 16.4. The van der Waals surface area contributed by atoms with E-state index in [4.69, 9.17) is 13.3 Å². The summed E-state index contributed by atoms with van der Waals surface area (Å²) in [5.41, 5.74) is 1.43. The molecular weight excluding hydrogens is 318 g/mol. The van der Waals surface area contributed by atoms with Gasteiger partial charge in [0.05, 0.1) is 0 Å². The van der Waals surface area contributed by atoms with Crippen molar-refractivity contribution in [2.24, 2.45) is 0 Å². The molecule has 0 aliphatic rings. The van der Waals surface area contributed by atoms with Crippen molar-refractivity contribution < 1.29 is 13.3 Å². The van der Waals surface area contributed by atoms with Crippen LogP contribution in [0.2, 0.25) is 6.04 Å². The summed E-state index contributed by atoms with van der Waals surface area (Å²) in [6.07, 6.45) is 11.0. The highest BCUT2D eigenvalue weighted by atomic mass is 28.4. The Morgan fingerprint density at radius 2 is 1.58 bits per heavy atom. The zero-order valence-corrected chi connectivity index (χ0v) is 16.1. The first-order valence-corrected chi connectivity index (χ1v) is 10.6. The van der Waals surface area contributed by atoms with Gasteiger partial charge in [0, 0.05) is 45.2 Å². The van der Waals surface area contributed by atoms with E-state index in [9.17, 15) is 0 Å². The van der Waals surface area contributed by atoms with Gasteiger partial charge in [-0.05, 0) is 36.3 Å². The zero-order valence-electron chi connectivity index (χ0n) is 15.1. The first-order chi connectivity index (χ1) is 11.7. The van der Waals surface area contributed by atoms with Gasteiger partial charge in [0.25, 0.3) is 0 Å². The third kappa shape index (κ3) is 5.11. The predicted octanol–water partition coefficient (Wildman–Crippen LogP) is 4.61. The Hall–Kier alpha value is -1.27. The molecule has 0 fully saturated rings. The number of nitrogens with zero attached hydrogens (tertiary/aromatic N) is 1. The molecule has 2 rings (SSSR count). The number of pyridine rings is 1. The van der Waals surface area contributed by atoms with Crippen molar-refractivity contribution in [1.29, 1.82) is 0 Å². The maximum atomic E-state index is 5.45. The predicted molar refractivity (Wildman–Crippen MR) is 100 cm³/mol. The lowest BCUT2D eigenvalue weighted by molar-refractivity contribution is 0.122. The summed E-state index contributed by atoms with van der Waals surface area (Å²) in [5.74, 6) is 0. The van der Waals surface area contributed by atoms with Crippen molar-refractivity contribution in [3.05, 3.63) is 42.2 Å². The number of rotatable bonds is 11. The lowest BCUT2D eigenvalue weighted by atomic mass is 10.0. The van der Waals surface area contributed by atoms with Crippen molar-refractivity contribution >= 4 is 19.6 Å². The largest absolute Gasteiger partial charge is 0.500 e. The van der Waals surface area contributed by atoms with Gasteiger partial charge < -0.3 is 13.3 Å². The molecule has 0 aliphatic heterocycles. The quantitative estimate of drug-likeness (QED) is 0.440. The summed E-state index contributed by atoms with van der Waals surface area (Å²) in [7, 11) is 2.66. The second-order valence-corrected chi connectivity index (χ2v) is 9.17. The highest BCUT2D eigenvalue weighted by Gasteiger charge is 2.36. The fourth-order valence-electron chi connectivity index (χ4n) is 3.15. The third-order valence-electron chi connectivity index (χ3n) is 4.63. The van der Waals surface area contributed by atoms with Gasteiger partial charge in [0.2, 0.25) is 0 Å². The zero-order chi connectivity index (χ0) is 17.3. The van der Waals surface area contributed by atoms with Crippen molar-refractivity contribution in [3.8, 4) is 0 Å². The molecule has 0 radical (unpaired) electrons. The van der Waals surface area contributed by atoms with Crippen LogP contribution in [0.25, 0.3) is 10.8 Å². The second kappa shape index (κ2) is 9.89. The van der Waals surface area contributed by atoms with Crippen molar-refractivity contribution in [2.75, 3.05) is 21.3 Å². The molecule has 0 spiro atoms. The minimum atomic E-state index is -2.38. The number of aromatic nitrogens is 1. The fraction of sp³-hybridized carbons (Fsp3) is 0.526. The van der Waals surface area contributed by atoms with Crippen LogP contribution in [0.1, 0.15) is 37.7 Å². The maximum absolute atomic E-state index is 5.45. The number of hydrogen-bond donors (Lipinski definition) is 0. The average Bonchev–Trinajstić information content (AvgIpc) is 2.65. The van der Waals surface area contributed by atoms with E-state index in [0.717, 1.165) is 18.9 Å². The van der Waals surface area contributed by atoms with Crippen LogP contribution in [0.15, 0.2) is 36.7 Å². The van der Waals surface area contributed by atoms with E-state index in [-0.39, 0.29) is 0 Å². The number of fused-ring (bicyclic) bond motifs is 1. The van der Waals surface area contributed by atoms with Crippen LogP contribution in [-0.4, -0.2) is 35.1 Å². The summed E-state index contributed by atoms with van der Waals surface area (Å²) in [6.45, 7) is 0. The molecule has 2 aromatic rings. The molecule has 24 heavy (non-hydrogen) atoms. The normalized spacial score (nSPS) is 12.0. The topological polar surface area (TPSA) is 40.6 Å². The van der Waals surface area contributed by atoms with Gasteiger partial charge in [-0.25, -0.2) is 0 Å². The number of aryl methyl sites for hydroxylation is 1. The van der Waals surface area contributed by atoms with Gasteiger partial charge in [-0.3, -0.25) is 4.98 Å². The van der Waals surface area contributed by atoms with Crippen LogP contribution in [0.4, 0.5) is 0 Å². The molecule has 0 N–H and O–H groups in total. The summed E-state index contributed by atoms with van der Waals surface area (Å²) >= 11 is 0. The summed E-state index contributed by atoms with van der Waals surface area (Å²) in [6, 6.07) is 9.51. The van der Waals surface area contributed by atoms with Gasteiger partial charge in [0.15, 0.2) is 0 Å². The van der Waals surface area contributed by atoms with Crippen LogP contribution >= 0.6 is 0 Å². The molecule has 5 heteroatoms. The molecule has 0 atom stereocenters. The molecule has 0 unspecified atom stereocenters. The molecule has 1 aromatic carbocycles. The van der Waals surface area contributed by atoms with Gasteiger partial charge in [0.1, 0.15) is 0 Å². The number of benzene rings is 1. The smallest absolute Gasteiger partial charge is 0.377 e. The highest BCUT2D eigenvalue weighted by Crippen LogP contribution is 2.21. The lowest BCUT2D eigenvalue weighted by Gasteiger charge is -2.24. The van der Waals surface area contributed by atoms with E-state index in [0.29, 0.717) is 0 Å². The number of unbranched alkanes of at least 4 members (excludes halogenated alkanes) is 4. The highest BCUT2D eigenvalue weighted by molar-refractivity contribution is 6.60. The van der Waals surface area contributed by atoms with Crippen LogP contribution in [0.5, 0.6) is 0 Å². The van der Waals surface area contributed by atoms with Crippen molar-refractivity contribution in [3.63, 3.8) is 0 Å². The first-order valence-electron chi connectivity index (χ1n) is 8.72. The van der Waals surface area contributed by atoms with E-state index in [1.165, 1.54) is 42.0 Å². The molecule has 1 aromatic heterocycles. The van der Waals surface area contributed by atoms with E-state index in [1.54, 1.807) is 21.3 Å². The van der Waals surface area contributed by atoms with Crippen LogP contribution in [-0.2, 0) is 19.7 Å². The van der Waals surface area contributed by atoms with Gasteiger partial charge in [-0.2, -0.15) is 0 Å². The van der Waals surface area contributed by atoms with Gasteiger partial charge in [-0.1, -0.05) is 37.5 Å². The molecule has 0 saturated carbocycles. The Morgan fingerprint density at radius 3 is 2.33 bits per heavy atom. The van der Waals surface area contributed by atoms with Gasteiger partial charge in [-0.15, -0.1) is 0 Å². The summed E-state index contributed by atoms with van der Waals surface area (Å²) in [4.78, 5) is 4.20. The Morgan fingerprint density at radius 1 is 0.875 bits per heavy atom. The average molecular weight is 348 g/mol. The molecular formula is C19H29NO3Si. The van der Waals surface area contributed by atoms with E-state index in [2.05, 4.69) is 29.2 Å². The van der Waals surface area contributed by atoms with E-state index in [1.807, 2.05) is 12.4 Å². The van der Waals surface area contributed by atoms with Crippen LogP contribution in [0, 0.1) is 0 Å². The minimum Gasteiger partial charge on any atom is -0.377 e. The SMILES string of the molecule is CO[Si](CCCCCCCc1cccc2cnccc12)(OC)OC. The fourth-order valence-corrected chi connectivity index (χ4v) is 4.95. The van der Waals surface area contributed by atoms with Crippen molar-refractivity contribution in [2.45, 2.75) is 44.6 Å². The molecule has 0 bridgehead atoms. The summed E-state index contributed by atoms with van der Waals surface area (Å²) in [5, 5.41) is 2.57. The lowest BCUT2D eigenvalue weighted by Crippen LogP contribution is -2.42. The van der Waals surface area contributed by atoms with Crippen LogP contribution < -0.4 is 0 Å². The minimum absolute atomic E-state index is 0.896. The molecule has 0 saturated heterocycles. The van der Waals surface area contributed by atoms with E-state index < -0.39 is 8.80 Å². The van der Waals surface area contributed by atoms with Crippen molar-refractivity contribution in [1.82, 2.24) is 4.98 Å². The van der Waals surface area contributed by atoms with Crippen LogP contribution in [0.3, 0.4) is 0 Å². The Labute approximate surface area is 146 Å². The van der Waals surface area contributed by atoms with E-state index >= 15 is 0 Å². The Kier molecular flexibility index (Phi) is 7.85. The number of hydrogen-bond acceptors (Lipinski definition) is 4. The molecule has 0 aliphatic carbocycles. The Balaban J connectivity index is 1.68. The maximum Gasteiger partial charge on any atom is 0.500 e. The standard InChI is InChI=1S/C19H29NO3Si/c1-21-24(22-2,23-3)15-8-6-4-5-7-10-17-11-9-12-18-16-20-14-13-19(17)18/h9,11-14,16H,4-8,10,15H2,1-3H3. The third-order valence-corrected chi connectivity index (χ3v) is 7.47. The monoisotopic (exact) mass is 347 g/mol. The molecule has 0 amide bonds.